The minimum atomic E-state index is -5.08. The van der Waals surface area contributed by atoms with Crippen LogP contribution < -0.4 is 10.2 Å². The fourth-order valence-electron chi connectivity index (χ4n) is 4.32. The Labute approximate surface area is 273 Å². The lowest BCUT2D eigenvalue weighted by Crippen LogP contribution is -2.63. The Hall–Kier alpha value is -5.88. The zero-order valence-corrected chi connectivity index (χ0v) is 25.1. The predicted octanol–water partition coefficient (Wildman–Crippen LogP) is 4.90. The van der Waals surface area contributed by atoms with Crippen LogP contribution in [-0.4, -0.2) is 90.5 Å². The number of carbonyl (C=O) groups is 3. The third-order valence-electron chi connectivity index (χ3n) is 6.89. The van der Waals surface area contributed by atoms with Crippen LogP contribution in [0.5, 0.6) is 0 Å². The lowest BCUT2D eigenvalue weighted by molar-refractivity contribution is -0.193. The van der Waals surface area contributed by atoms with E-state index in [1.807, 2.05) is 22.5 Å². The number of carboxylic acid groups (broad SMARTS) is 2. The summed E-state index contributed by atoms with van der Waals surface area (Å²) in [4.78, 5) is 43.6. The maximum Gasteiger partial charge on any atom is 0.490 e. The number of rotatable bonds is 6. The number of amides is 1. The minimum Gasteiger partial charge on any atom is -0.475 e. The molecule has 0 bridgehead atoms. The second-order valence-corrected chi connectivity index (χ2v) is 10.4. The van der Waals surface area contributed by atoms with Crippen molar-refractivity contribution < 1.29 is 64.1 Å². The first kappa shape index (κ1) is 38.6. The molecule has 1 aromatic carbocycles. The van der Waals surface area contributed by atoms with Crippen molar-refractivity contribution in [2.24, 2.45) is 0 Å². The van der Waals surface area contributed by atoms with Crippen LogP contribution in [0.3, 0.4) is 0 Å². The Morgan fingerprint density at radius 2 is 1.54 bits per heavy atom. The van der Waals surface area contributed by atoms with Gasteiger partial charge in [-0.2, -0.15) is 49.9 Å². The summed E-state index contributed by atoms with van der Waals surface area (Å²) in [5, 5.41) is 31.1. The van der Waals surface area contributed by atoms with E-state index in [2.05, 4.69) is 26.1 Å². The zero-order chi connectivity index (χ0) is 37.7. The maximum absolute atomic E-state index is 12.7. The summed E-state index contributed by atoms with van der Waals surface area (Å²) >= 11 is 0. The van der Waals surface area contributed by atoms with Crippen molar-refractivity contribution in [3.8, 4) is 17.3 Å². The number of nitriles is 1. The summed E-state index contributed by atoms with van der Waals surface area (Å²) in [6.45, 7) is 1.90. The first-order valence-corrected chi connectivity index (χ1v) is 13.6. The van der Waals surface area contributed by atoms with E-state index >= 15 is 0 Å². The second-order valence-electron chi connectivity index (χ2n) is 10.4. The molecule has 0 radical (unpaired) electrons. The fraction of sp³-hybridized carbons (Fsp3) is 0.321. The van der Waals surface area contributed by atoms with Crippen LogP contribution in [-0.2, 0) is 15.1 Å². The summed E-state index contributed by atoms with van der Waals surface area (Å²) in [5.74, 6) is -6.31. The number of aliphatic carboxylic acids is 2. The highest BCUT2D eigenvalue weighted by molar-refractivity contribution is 5.94. The van der Waals surface area contributed by atoms with Gasteiger partial charge < -0.3 is 25.4 Å². The largest absolute Gasteiger partial charge is 0.490 e. The first-order chi connectivity index (χ1) is 23.1. The second kappa shape index (κ2) is 14.7. The Morgan fingerprint density at radius 1 is 0.980 bits per heavy atom. The summed E-state index contributed by atoms with van der Waals surface area (Å²) < 4.78 is 103. The molecule has 22 heteroatoms. The van der Waals surface area contributed by atoms with Crippen LogP contribution in [0.2, 0.25) is 0 Å². The van der Waals surface area contributed by atoms with E-state index in [-0.39, 0.29) is 12.0 Å². The molecule has 0 spiro atoms. The van der Waals surface area contributed by atoms with Crippen LogP contribution in [0.1, 0.15) is 23.7 Å². The number of alkyl halides is 9. The fourth-order valence-corrected chi connectivity index (χ4v) is 4.32. The molecular formula is C28H23F9N8O5. The molecule has 0 saturated carbocycles. The summed E-state index contributed by atoms with van der Waals surface area (Å²) in [7, 11) is 0. The van der Waals surface area contributed by atoms with E-state index in [1.54, 1.807) is 29.2 Å². The van der Waals surface area contributed by atoms with E-state index in [0.717, 1.165) is 34.9 Å². The highest BCUT2D eigenvalue weighted by Crippen LogP contribution is 2.37. The van der Waals surface area contributed by atoms with Gasteiger partial charge in [0.15, 0.2) is 0 Å². The molecule has 0 aliphatic carbocycles. The van der Waals surface area contributed by atoms with Crippen molar-refractivity contribution in [2.75, 3.05) is 18.0 Å². The SMILES string of the molecule is C[C@H](NC(=O)c1ccc(N2CC(CC#N)(n3cc(-c4ncnc5[nH]ccc45)cn3)C2)cc1)C(F)(F)F.O=C(O)C(F)(F)F.O=C(O)C(F)(F)F. The van der Waals surface area contributed by atoms with Crippen molar-refractivity contribution in [1.82, 2.24) is 30.0 Å². The molecule has 0 unspecified atom stereocenters. The number of carboxylic acids is 2. The minimum absolute atomic E-state index is 0.135. The van der Waals surface area contributed by atoms with Gasteiger partial charge in [-0.15, -0.1) is 0 Å². The number of carbonyl (C=O) groups excluding carboxylic acids is 1. The van der Waals surface area contributed by atoms with Gasteiger partial charge >= 0.3 is 30.5 Å². The van der Waals surface area contributed by atoms with Gasteiger partial charge in [0.2, 0.25) is 0 Å². The van der Waals surface area contributed by atoms with E-state index in [9.17, 15) is 49.6 Å². The molecule has 1 aliphatic rings. The molecular weight excluding hydrogens is 699 g/mol. The number of nitrogens with one attached hydrogen (secondary N) is 2. The molecule has 1 atom stereocenters. The summed E-state index contributed by atoms with van der Waals surface area (Å²) in [6.07, 6.45) is -7.57. The van der Waals surface area contributed by atoms with Crippen molar-refractivity contribution in [2.45, 2.75) is 43.5 Å². The predicted molar refractivity (Wildman–Crippen MR) is 152 cm³/mol. The third-order valence-corrected chi connectivity index (χ3v) is 6.89. The summed E-state index contributed by atoms with van der Waals surface area (Å²) in [5.41, 5.74) is 2.65. The van der Waals surface area contributed by atoms with Gasteiger partial charge in [0, 0.05) is 47.7 Å². The molecule has 1 aliphatic heterocycles. The quantitative estimate of drug-likeness (QED) is 0.199. The van der Waals surface area contributed by atoms with Crippen LogP contribution in [0.15, 0.2) is 55.2 Å². The molecule has 1 amide bonds. The van der Waals surface area contributed by atoms with Gasteiger partial charge in [-0.1, -0.05) is 0 Å². The van der Waals surface area contributed by atoms with Crippen LogP contribution >= 0.6 is 0 Å². The van der Waals surface area contributed by atoms with E-state index in [4.69, 9.17) is 19.8 Å². The molecule has 5 rings (SSSR count). The average molecular weight is 723 g/mol. The number of fused-ring (bicyclic) bond motifs is 1. The molecule has 13 nitrogen and oxygen atoms in total. The number of nitrogens with zero attached hydrogens (tertiary/aromatic N) is 6. The standard InChI is InChI=1S/C24H21F3N8O.2C2HF3O2/c1-15(24(25,26)27)33-22(36)16-2-4-18(5-3-16)34-12-23(13-34,7-8-28)35-11-17(10-32-35)20-19-6-9-29-21(19)31-14-30-20;2*3-2(4,5)1(6)7/h2-6,9-11,14-15H,7,12-13H2,1H3,(H,33,36)(H,29,30,31);2*(H,6,7)/t15-;;/m0../s1. The number of hydrogen-bond donors (Lipinski definition) is 4. The van der Waals surface area contributed by atoms with Crippen molar-refractivity contribution in [3.05, 3.63) is 60.8 Å². The van der Waals surface area contributed by atoms with E-state index in [0.29, 0.717) is 13.1 Å². The Kier molecular flexibility index (Phi) is 11.3. The molecule has 4 aromatic rings. The van der Waals surface area contributed by atoms with Gasteiger partial charge in [0.25, 0.3) is 5.91 Å². The van der Waals surface area contributed by atoms with Gasteiger partial charge in [-0.25, -0.2) is 19.6 Å². The highest BCUT2D eigenvalue weighted by atomic mass is 19.4. The number of anilines is 1. The summed E-state index contributed by atoms with van der Waals surface area (Å²) in [6, 6.07) is 8.54. The first-order valence-electron chi connectivity index (χ1n) is 13.6. The van der Waals surface area contributed by atoms with Crippen molar-refractivity contribution in [3.63, 3.8) is 0 Å². The van der Waals surface area contributed by atoms with Gasteiger partial charge in [0.1, 0.15) is 23.6 Å². The molecule has 268 valence electrons. The number of benzene rings is 1. The topological polar surface area (TPSA) is 190 Å². The molecule has 4 heterocycles. The number of hydrogen-bond acceptors (Lipinski definition) is 8. The number of aromatic amines is 1. The van der Waals surface area contributed by atoms with Gasteiger partial charge in [0.05, 0.1) is 24.4 Å². The Balaban J connectivity index is 0.000000408. The van der Waals surface area contributed by atoms with E-state index in [1.165, 1.54) is 18.5 Å². The monoisotopic (exact) mass is 722 g/mol. The van der Waals surface area contributed by atoms with Gasteiger partial charge in [-0.3, -0.25) is 9.48 Å². The molecule has 4 N–H and O–H groups in total. The molecule has 1 saturated heterocycles. The van der Waals surface area contributed by atoms with Crippen molar-refractivity contribution in [1.29, 1.82) is 5.26 Å². The maximum atomic E-state index is 12.7. The number of H-pyrrole nitrogens is 1. The molecule has 3 aromatic heterocycles. The van der Waals surface area contributed by atoms with E-state index < -0.39 is 48.0 Å². The highest BCUT2D eigenvalue weighted by Gasteiger charge is 2.46. The number of aromatic nitrogens is 5. The average Bonchev–Trinajstić information content (AvgIpc) is 3.69. The normalized spacial score (nSPS) is 14.5. The lowest BCUT2D eigenvalue weighted by atomic mass is 9.86. The Bertz CT molecular complexity index is 1830. The molecule has 50 heavy (non-hydrogen) atoms. The zero-order valence-electron chi connectivity index (χ0n) is 25.1. The van der Waals surface area contributed by atoms with Crippen molar-refractivity contribution >= 4 is 34.6 Å². The smallest absolute Gasteiger partial charge is 0.475 e. The lowest BCUT2D eigenvalue weighted by Gasteiger charge is -2.50. The number of halogens is 9. The van der Waals surface area contributed by atoms with Gasteiger partial charge in [-0.05, 0) is 37.3 Å². The molecule has 1 fully saturated rings. The Morgan fingerprint density at radius 3 is 2.04 bits per heavy atom. The third kappa shape index (κ3) is 9.38. The van der Waals surface area contributed by atoms with Crippen LogP contribution in [0.4, 0.5) is 45.2 Å². The van der Waals surface area contributed by atoms with Crippen LogP contribution in [0, 0.1) is 11.3 Å². The van der Waals surface area contributed by atoms with Crippen LogP contribution in [0.25, 0.3) is 22.3 Å².